The second-order valence-electron chi connectivity index (χ2n) is 9.10. The van der Waals surface area contributed by atoms with Crippen molar-refractivity contribution < 1.29 is 24.1 Å². The minimum atomic E-state index is -0.962. The van der Waals surface area contributed by atoms with Crippen molar-refractivity contribution >= 4 is 29.2 Å². The third kappa shape index (κ3) is 6.25. The molecule has 2 N–H and O–H groups in total. The van der Waals surface area contributed by atoms with Gasteiger partial charge in [0.2, 0.25) is 0 Å². The van der Waals surface area contributed by atoms with Crippen LogP contribution in [0.4, 0.5) is 4.39 Å². The Morgan fingerprint density at radius 3 is 2.42 bits per heavy atom. The number of piperidine rings is 1. The lowest BCUT2D eigenvalue weighted by Crippen LogP contribution is -2.43. The van der Waals surface area contributed by atoms with Crippen molar-refractivity contribution in [3.8, 4) is 0 Å². The van der Waals surface area contributed by atoms with E-state index in [9.17, 15) is 19.4 Å². The predicted molar refractivity (Wildman–Crippen MR) is 138 cm³/mol. The van der Waals surface area contributed by atoms with Crippen LogP contribution in [0.15, 0.2) is 60.7 Å². The first kappa shape index (κ1) is 26.6. The number of aliphatic hydroxyl groups excluding tert-OH is 1. The third-order valence-corrected chi connectivity index (χ3v) is 7.05. The van der Waals surface area contributed by atoms with Crippen LogP contribution in [-0.4, -0.2) is 40.3 Å². The van der Waals surface area contributed by atoms with Gasteiger partial charge in [0.05, 0.1) is 24.3 Å². The third-order valence-electron chi connectivity index (χ3n) is 6.62. The number of hydrogen-bond donors (Lipinski definition) is 2. The number of aliphatic hydroxyl groups is 1. The maximum absolute atomic E-state index is 13.8. The van der Waals surface area contributed by atoms with Crippen LogP contribution in [0.2, 0.25) is 10.0 Å². The van der Waals surface area contributed by atoms with Crippen LogP contribution in [0.5, 0.6) is 0 Å². The van der Waals surface area contributed by atoms with E-state index in [1.54, 1.807) is 42.5 Å². The maximum Gasteiger partial charge on any atom is 0.335 e. The molecule has 0 spiro atoms. The van der Waals surface area contributed by atoms with Gasteiger partial charge in [0, 0.05) is 16.6 Å². The van der Waals surface area contributed by atoms with Crippen LogP contribution in [-0.2, 0) is 11.3 Å². The monoisotopic (exact) mass is 531 g/mol. The highest BCUT2D eigenvalue weighted by Crippen LogP contribution is 2.38. The molecule has 36 heavy (non-hydrogen) atoms. The number of nitrogens with zero attached hydrogens (tertiary/aromatic N) is 1. The lowest BCUT2D eigenvalue weighted by Gasteiger charge is -2.43. The molecule has 0 unspecified atom stereocenters. The first-order chi connectivity index (χ1) is 17.2. The van der Waals surface area contributed by atoms with Crippen LogP contribution in [0.3, 0.4) is 0 Å². The summed E-state index contributed by atoms with van der Waals surface area (Å²) in [6.45, 7) is 3.01. The molecule has 4 rings (SSSR count). The smallest absolute Gasteiger partial charge is 0.335 e. The van der Waals surface area contributed by atoms with Gasteiger partial charge in [0.1, 0.15) is 11.9 Å². The minimum absolute atomic E-state index is 0.207. The number of rotatable bonds is 8. The van der Waals surface area contributed by atoms with E-state index in [2.05, 4.69) is 4.90 Å². The molecule has 1 aliphatic rings. The molecule has 190 valence electrons. The molecule has 8 heteroatoms. The van der Waals surface area contributed by atoms with E-state index >= 15 is 0 Å². The van der Waals surface area contributed by atoms with Gasteiger partial charge in [-0.05, 0) is 91.0 Å². The van der Waals surface area contributed by atoms with Gasteiger partial charge in [0.25, 0.3) is 0 Å². The van der Waals surface area contributed by atoms with E-state index in [-0.39, 0.29) is 30.1 Å². The molecular formula is C28H28Cl2FNO4. The number of likely N-dealkylation sites (tertiary alicyclic amines) is 1. The number of hydrogen-bond acceptors (Lipinski definition) is 4. The molecule has 1 heterocycles. The second-order valence-corrected chi connectivity index (χ2v) is 9.98. The highest BCUT2D eigenvalue weighted by Gasteiger charge is 2.35. The molecule has 5 nitrogen and oxygen atoms in total. The molecule has 0 radical (unpaired) electrons. The number of aryl methyl sites for hydroxylation is 1. The van der Waals surface area contributed by atoms with Gasteiger partial charge < -0.3 is 14.9 Å². The van der Waals surface area contributed by atoms with Crippen LogP contribution in [0.1, 0.15) is 57.6 Å². The molecule has 0 aliphatic carbocycles. The zero-order valence-corrected chi connectivity index (χ0v) is 21.3. The summed E-state index contributed by atoms with van der Waals surface area (Å²) in [6.07, 6.45) is 0.687. The van der Waals surface area contributed by atoms with E-state index in [1.165, 1.54) is 12.1 Å². The minimum Gasteiger partial charge on any atom is -0.478 e. The summed E-state index contributed by atoms with van der Waals surface area (Å²) >= 11 is 12.4. The summed E-state index contributed by atoms with van der Waals surface area (Å²) in [5.41, 5.74) is 3.73. The molecule has 0 bridgehead atoms. The van der Waals surface area contributed by atoms with Crippen LogP contribution in [0.25, 0.3) is 0 Å². The number of carboxylic acid groups (broad SMARTS) is 1. The van der Waals surface area contributed by atoms with Crippen molar-refractivity contribution in [2.24, 2.45) is 0 Å². The highest BCUT2D eigenvalue weighted by atomic mass is 35.5. The summed E-state index contributed by atoms with van der Waals surface area (Å²) in [5, 5.41) is 20.4. The van der Waals surface area contributed by atoms with Crippen molar-refractivity contribution in [2.45, 2.75) is 44.6 Å². The average Bonchev–Trinajstić information content (AvgIpc) is 2.84. The van der Waals surface area contributed by atoms with Gasteiger partial charge in [-0.25, -0.2) is 9.18 Å². The predicted octanol–water partition coefficient (Wildman–Crippen LogP) is 6.60. The molecule has 3 atom stereocenters. The van der Waals surface area contributed by atoms with Gasteiger partial charge in [-0.3, -0.25) is 4.90 Å². The fraction of sp³-hybridized carbons (Fsp3) is 0.321. The number of halogens is 3. The summed E-state index contributed by atoms with van der Waals surface area (Å²) in [4.78, 5) is 13.6. The standard InChI is InChI=1S/C28H28Cl2FNO4/c1-17-11-19(28(34)35)4-5-20(17)15-32-10-2-3-25(27(32)18-6-8-24(31)9-7-18)36-26(16-33)21-12-22(29)14-23(30)13-21/h4-9,11-14,25-27,33H,2-3,10,15-16H2,1H3,(H,34,35)/t25-,26+,27-/m0/s1. The van der Waals surface area contributed by atoms with E-state index in [0.717, 1.165) is 36.1 Å². The zero-order chi connectivity index (χ0) is 25.8. The molecule has 3 aromatic carbocycles. The van der Waals surface area contributed by atoms with E-state index in [1.807, 2.05) is 13.0 Å². The quantitative estimate of drug-likeness (QED) is 0.342. The molecular weight excluding hydrogens is 504 g/mol. The van der Waals surface area contributed by atoms with Gasteiger partial charge >= 0.3 is 5.97 Å². The molecule has 0 saturated carbocycles. The number of carbonyl (C=O) groups is 1. The summed E-state index contributed by atoms with van der Waals surface area (Å²) in [7, 11) is 0. The topological polar surface area (TPSA) is 70.0 Å². The Bertz CT molecular complexity index is 1200. The van der Waals surface area contributed by atoms with Crippen molar-refractivity contribution in [2.75, 3.05) is 13.2 Å². The van der Waals surface area contributed by atoms with Crippen molar-refractivity contribution in [1.29, 1.82) is 0 Å². The normalized spacial score (nSPS) is 19.2. The second kappa shape index (κ2) is 11.7. The van der Waals surface area contributed by atoms with E-state index < -0.39 is 12.1 Å². The largest absolute Gasteiger partial charge is 0.478 e. The summed E-state index contributed by atoms with van der Waals surface area (Å²) in [5.74, 6) is -1.28. The average molecular weight is 532 g/mol. The number of benzene rings is 3. The number of aromatic carboxylic acids is 1. The van der Waals surface area contributed by atoms with Gasteiger partial charge in [-0.2, -0.15) is 0 Å². The van der Waals surface area contributed by atoms with Crippen molar-refractivity contribution in [3.63, 3.8) is 0 Å². The van der Waals surface area contributed by atoms with E-state index in [0.29, 0.717) is 22.2 Å². The molecule has 1 aliphatic heterocycles. The van der Waals surface area contributed by atoms with E-state index in [4.69, 9.17) is 27.9 Å². The maximum atomic E-state index is 13.8. The number of carboxylic acids is 1. The summed E-state index contributed by atoms with van der Waals surface area (Å²) < 4.78 is 20.3. The first-order valence-electron chi connectivity index (χ1n) is 11.8. The SMILES string of the molecule is Cc1cc(C(=O)O)ccc1CN1CCC[C@H](O[C@H](CO)c2cc(Cl)cc(Cl)c2)[C@@H]1c1ccc(F)cc1. The van der Waals surface area contributed by atoms with Crippen molar-refractivity contribution in [1.82, 2.24) is 4.90 Å². The molecule has 1 saturated heterocycles. The van der Waals surface area contributed by atoms with Crippen LogP contribution >= 0.6 is 23.2 Å². The molecule has 1 fully saturated rings. The van der Waals surface area contributed by atoms with Crippen molar-refractivity contribution in [3.05, 3.63) is 104 Å². The lowest BCUT2D eigenvalue weighted by molar-refractivity contribution is -0.100. The first-order valence-corrected chi connectivity index (χ1v) is 12.6. The van der Waals surface area contributed by atoms with Gasteiger partial charge in [0.15, 0.2) is 0 Å². The Morgan fingerprint density at radius 1 is 1.11 bits per heavy atom. The van der Waals surface area contributed by atoms with Crippen LogP contribution < -0.4 is 0 Å². The fourth-order valence-corrected chi connectivity index (χ4v) is 5.40. The Morgan fingerprint density at radius 2 is 1.81 bits per heavy atom. The van der Waals surface area contributed by atoms with Gasteiger partial charge in [-0.15, -0.1) is 0 Å². The number of ether oxygens (including phenoxy) is 1. The summed E-state index contributed by atoms with van der Waals surface area (Å²) in [6, 6.07) is 16.4. The van der Waals surface area contributed by atoms with Crippen LogP contribution in [0, 0.1) is 12.7 Å². The Labute approximate surface area is 220 Å². The fourth-order valence-electron chi connectivity index (χ4n) is 4.86. The highest BCUT2D eigenvalue weighted by molar-refractivity contribution is 6.34. The zero-order valence-electron chi connectivity index (χ0n) is 19.8. The lowest BCUT2D eigenvalue weighted by atomic mass is 9.91. The molecule has 0 aromatic heterocycles. The Kier molecular flexibility index (Phi) is 8.65. The molecule has 0 amide bonds. The Hall–Kier alpha value is -2.48. The van der Waals surface area contributed by atoms with Gasteiger partial charge in [-0.1, -0.05) is 41.4 Å². The molecule has 3 aromatic rings. The Balaban J connectivity index is 1.65.